The zero-order valence-corrected chi connectivity index (χ0v) is 34.1. The normalized spacial score (nSPS) is 40.0. The van der Waals surface area contributed by atoms with E-state index >= 15 is 0 Å². The van der Waals surface area contributed by atoms with Gasteiger partial charge in [0.2, 0.25) is 0 Å². The molecule has 0 N–H and O–H groups in total. The lowest BCUT2D eigenvalue weighted by Gasteiger charge is -2.62. The van der Waals surface area contributed by atoms with E-state index in [4.69, 9.17) is 0 Å². The third-order valence-corrected chi connectivity index (χ3v) is 18.8. The second-order valence-corrected chi connectivity index (χ2v) is 21.0. The van der Waals surface area contributed by atoms with Crippen LogP contribution in [0, 0.1) is 11.3 Å². The number of allylic oxidation sites excluding steroid dienone is 11. The molecule has 0 radical (unpaired) electrons. The van der Waals surface area contributed by atoms with Crippen LogP contribution in [0.2, 0.25) is 5.82 Å². The maximum absolute atomic E-state index is 3.30. The minimum absolute atomic E-state index is 0.196. The van der Waals surface area contributed by atoms with Crippen molar-refractivity contribution >= 4 is 18.5 Å². The number of hydrogen-bond donors (Lipinski definition) is 0. The highest BCUT2D eigenvalue weighted by Gasteiger charge is 2.72. The van der Waals surface area contributed by atoms with Crippen LogP contribution in [0.1, 0.15) is 129 Å². The van der Waals surface area contributed by atoms with Crippen molar-refractivity contribution in [3.05, 3.63) is 107 Å². The zero-order chi connectivity index (χ0) is 36.0. The molecule has 9 atom stereocenters. The lowest BCUT2D eigenvalue weighted by atomic mass is 9.26. The van der Waals surface area contributed by atoms with Crippen LogP contribution in [0.4, 0.5) is 0 Å². The summed E-state index contributed by atoms with van der Waals surface area (Å²) >= 11 is 2.44. The smallest absolute Gasteiger partial charge is 0.199 e. The van der Waals surface area contributed by atoms with E-state index in [-0.39, 0.29) is 5.54 Å². The molecule has 4 heterocycles. The topological polar surface area (TPSA) is 9.72 Å². The summed E-state index contributed by atoms with van der Waals surface area (Å²) in [7, 11) is 0. The van der Waals surface area contributed by atoms with E-state index in [1.807, 2.05) is 5.47 Å². The number of nitrogens with zero attached hydrogens (tertiary/aromatic N) is 3. The van der Waals surface area contributed by atoms with E-state index in [1.54, 1.807) is 17.0 Å². The minimum atomic E-state index is 0.196. The largest absolute Gasteiger partial charge is 0.365 e. The first-order valence-corrected chi connectivity index (χ1v) is 23.7. The average Bonchev–Trinajstić information content (AvgIpc) is 3.74. The fourth-order valence-electron chi connectivity index (χ4n) is 15.0. The van der Waals surface area contributed by atoms with Gasteiger partial charge in [0.15, 0.2) is 6.71 Å². The van der Waals surface area contributed by atoms with Crippen LogP contribution in [0.3, 0.4) is 0 Å². The lowest BCUT2D eigenvalue weighted by molar-refractivity contribution is -0.00960. The molecule has 0 amide bonds. The Labute approximate surface area is 331 Å². The number of rotatable bonds is 5. The summed E-state index contributed by atoms with van der Waals surface area (Å²) in [6, 6.07) is 2.77. The highest BCUT2D eigenvalue weighted by atomic mass is 32.2. The molecule has 54 heavy (non-hydrogen) atoms. The molecule has 1 saturated carbocycles. The summed E-state index contributed by atoms with van der Waals surface area (Å²) < 4.78 is 0. The molecular formula is C49H64BN3S. The predicted molar refractivity (Wildman–Crippen MR) is 229 cm³/mol. The molecule has 11 aliphatic rings. The minimum Gasteiger partial charge on any atom is -0.365 e. The number of fused-ring (bicyclic) bond motifs is 5. The summed E-state index contributed by atoms with van der Waals surface area (Å²) in [6.45, 7) is 6.18. The predicted octanol–water partition coefficient (Wildman–Crippen LogP) is 11.4. The van der Waals surface area contributed by atoms with Crippen molar-refractivity contribution in [1.82, 2.24) is 14.7 Å². The van der Waals surface area contributed by atoms with Crippen LogP contribution in [0.25, 0.3) is 0 Å². The Balaban J connectivity index is 1.11. The summed E-state index contributed by atoms with van der Waals surface area (Å²) in [5, 5.41) is 1.32. The van der Waals surface area contributed by atoms with Gasteiger partial charge < -0.3 is 9.80 Å². The molecule has 284 valence electrons. The van der Waals surface area contributed by atoms with E-state index in [0.29, 0.717) is 58.6 Å². The zero-order valence-electron chi connectivity index (χ0n) is 33.3. The van der Waals surface area contributed by atoms with E-state index in [1.165, 1.54) is 115 Å². The van der Waals surface area contributed by atoms with Crippen molar-refractivity contribution in [2.24, 2.45) is 11.3 Å². The summed E-state index contributed by atoms with van der Waals surface area (Å²) in [6.07, 6.45) is 56.3. The van der Waals surface area contributed by atoms with Crippen LogP contribution in [0.5, 0.6) is 0 Å². The van der Waals surface area contributed by atoms with Crippen molar-refractivity contribution in [3.63, 3.8) is 0 Å². The molecule has 0 aromatic carbocycles. The third kappa shape index (κ3) is 5.17. The van der Waals surface area contributed by atoms with Crippen LogP contribution >= 0.6 is 11.8 Å². The first-order chi connectivity index (χ1) is 26.5. The fraction of sp³-hybridized carbons (Fsp3) is 0.633. The molecule has 0 aromatic rings. The Morgan fingerprint density at radius 2 is 1.76 bits per heavy atom. The third-order valence-electron chi connectivity index (χ3n) is 17.1. The van der Waals surface area contributed by atoms with Gasteiger partial charge in [0.1, 0.15) is 0 Å². The van der Waals surface area contributed by atoms with E-state index in [9.17, 15) is 0 Å². The second kappa shape index (κ2) is 13.6. The van der Waals surface area contributed by atoms with Gasteiger partial charge >= 0.3 is 0 Å². The fourth-order valence-corrected chi connectivity index (χ4v) is 17.0. The van der Waals surface area contributed by atoms with Gasteiger partial charge in [-0.2, -0.15) is 11.8 Å². The van der Waals surface area contributed by atoms with Crippen molar-refractivity contribution in [1.29, 1.82) is 0 Å². The van der Waals surface area contributed by atoms with E-state index in [2.05, 4.69) is 119 Å². The Bertz CT molecular complexity index is 1800. The van der Waals surface area contributed by atoms with Crippen molar-refractivity contribution < 1.29 is 0 Å². The van der Waals surface area contributed by atoms with Crippen molar-refractivity contribution in [2.75, 3.05) is 0 Å². The SMILES string of the molecule is CC1(C)N2C3CC(N(C4=CCCC=C4)C4=CCCCC4)CC4=C3B(C3C=CCC(C32)C12CCCCC2)C1SC(C2=CC=CCC2)CC1N4C1C=CC=CC1. The van der Waals surface area contributed by atoms with E-state index < -0.39 is 0 Å². The van der Waals surface area contributed by atoms with Gasteiger partial charge in [-0.15, -0.1) is 0 Å². The van der Waals surface area contributed by atoms with Gasteiger partial charge in [0.25, 0.3) is 0 Å². The monoisotopic (exact) mass is 737 g/mol. The van der Waals surface area contributed by atoms with Crippen LogP contribution < -0.4 is 0 Å². The van der Waals surface area contributed by atoms with Gasteiger partial charge in [0, 0.05) is 63.6 Å². The lowest BCUT2D eigenvalue weighted by Crippen LogP contribution is -2.70. The first-order valence-electron chi connectivity index (χ1n) is 22.7. The molecule has 4 fully saturated rings. The van der Waals surface area contributed by atoms with E-state index in [0.717, 1.165) is 12.3 Å². The van der Waals surface area contributed by atoms with Crippen molar-refractivity contribution in [3.8, 4) is 0 Å². The molecule has 9 unspecified atom stereocenters. The Morgan fingerprint density at radius 3 is 2.54 bits per heavy atom. The molecule has 0 aromatic heterocycles. The van der Waals surface area contributed by atoms with Gasteiger partial charge in [-0.05, 0) is 127 Å². The molecule has 7 aliphatic carbocycles. The number of hydrogen-bond acceptors (Lipinski definition) is 4. The quantitative estimate of drug-likeness (QED) is 0.205. The number of thioether (sulfide) groups is 1. The molecular weight excluding hydrogens is 673 g/mol. The standard InChI is InChI=1S/C49H64BN3S/c1-48(2)49(29-16-7-17-30-49)39-27-18-28-40-46(39)53(48)42-32-38(51(35-21-10-4-11-22-35)36-23-12-5-13-24-36)31-41-45(42)50(40)47-43(52(41)37-25-14-6-15-26-37)33-44(54-47)34-19-8-3-9-20-34/h3,6,8,10,14-15,18-19,21-23,25,28,37-40,42-44,46-47H,4-5,7,9,11-13,16-17,20,24,26-27,29-33H2,1-2H3. The highest BCUT2D eigenvalue weighted by molar-refractivity contribution is 8.02. The summed E-state index contributed by atoms with van der Waals surface area (Å²) in [4.78, 5) is 9.38. The van der Waals surface area contributed by atoms with Crippen molar-refractivity contribution in [2.45, 2.75) is 181 Å². The van der Waals surface area contributed by atoms with Gasteiger partial charge in [-0.3, -0.25) is 4.90 Å². The van der Waals surface area contributed by atoms with Gasteiger partial charge in [-0.25, -0.2) is 0 Å². The average molecular weight is 738 g/mol. The molecule has 1 spiro atoms. The van der Waals surface area contributed by atoms with Crippen LogP contribution in [0.15, 0.2) is 107 Å². The maximum atomic E-state index is 3.30. The van der Waals surface area contributed by atoms with Gasteiger partial charge in [-0.1, -0.05) is 103 Å². The summed E-state index contributed by atoms with van der Waals surface area (Å²) in [5.41, 5.74) is 9.21. The Morgan fingerprint density at radius 1 is 0.833 bits per heavy atom. The first kappa shape index (κ1) is 34.8. The molecule has 3 nitrogen and oxygen atoms in total. The molecule has 4 aliphatic heterocycles. The molecule has 11 rings (SSSR count). The maximum Gasteiger partial charge on any atom is 0.199 e. The molecule has 0 bridgehead atoms. The van der Waals surface area contributed by atoms with Crippen LogP contribution in [-0.2, 0) is 0 Å². The highest BCUT2D eigenvalue weighted by Crippen LogP contribution is 2.69. The van der Waals surface area contributed by atoms with Gasteiger partial charge in [0.05, 0.1) is 6.04 Å². The Hall–Kier alpha value is -2.37. The molecule has 5 heteroatoms. The molecule has 3 saturated heterocycles. The Kier molecular flexibility index (Phi) is 8.80. The summed E-state index contributed by atoms with van der Waals surface area (Å²) in [5.74, 6) is 1.44. The second-order valence-electron chi connectivity index (χ2n) is 19.6. The van der Waals surface area contributed by atoms with Crippen LogP contribution in [-0.4, -0.2) is 67.6 Å².